The van der Waals surface area contributed by atoms with E-state index in [9.17, 15) is 4.79 Å². The number of urea groups is 1. The van der Waals surface area contributed by atoms with E-state index in [0.29, 0.717) is 37.0 Å². The summed E-state index contributed by atoms with van der Waals surface area (Å²) in [5.74, 6) is 2.47. The molecule has 0 spiro atoms. The van der Waals surface area contributed by atoms with Crippen LogP contribution in [-0.2, 0) is 0 Å². The third kappa shape index (κ3) is 3.56. The normalized spacial score (nSPS) is 16.0. The molecule has 1 aromatic heterocycles. The summed E-state index contributed by atoms with van der Waals surface area (Å²) in [4.78, 5) is 14.0. The van der Waals surface area contributed by atoms with Crippen molar-refractivity contribution in [2.24, 2.45) is 0 Å². The molecule has 1 aliphatic heterocycles. The molecule has 0 bridgehead atoms. The number of likely N-dealkylation sites (N-methyl/N-ethyl adjacent to an activating group) is 1. The highest BCUT2D eigenvalue weighted by Gasteiger charge is 2.25. The number of carbonyl (C=O) groups excluding carboxylic acids is 1. The molecule has 7 nitrogen and oxygen atoms in total. The van der Waals surface area contributed by atoms with E-state index >= 15 is 0 Å². The second-order valence-electron chi connectivity index (χ2n) is 5.29. The van der Waals surface area contributed by atoms with Crippen LogP contribution in [0.25, 0.3) is 0 Å². The Morgan fingerprint density at radius 3 is 2.87 bits per heavy atom. The number of rotatable bonds is 4. The Labute approximate surface area is 134 Å². The summed E-state index contributed by atoms with van der Waals surface area (Å²) in [6, 6.07) is 8.93. The fourth-order valence-corrected chi connectivity index (χ4v) is 2.37. The summed E-state index contributed by atoms with van der Waals surface area (Å²) in [5, 5.41) is 6.47. The second kappa shape index (κ2) is 6.60. The smallest absolute Gasteiger partial charge is 0.323 e. The fourth-order valence-electron chi connectivity index (χ4n) is 2.37. The first kappa shape index (κ1) is 15.2. The maximum absolute atomic E-state index is 12.3. The second-order valence-corrected chi connectivity index (χ2v) is 5.29. The predicted molar refractivity (Wildman–Crippen MR) is 83.9 cm³/mol. The van der Waals surface area contributed by atoms with Crippen molar-refractivity contribution in [1.82, 2.24) is 10.1 Å². The van der Waals surface area contributed by atoms with E-state index in [1.165, 1.54) is 0 Å². The van der Waals surface area contributed by atoms with Gasteiger partial charge in [0.05, 0.1) is 6.54 Å². The molecule has 0 aliphatic carbocycles. The number of anilines is 1. The van der Waals surface area contributed by atoms with E-state index in [2.05, 4.69) is 10.5 Å². The molecular formula is C16H19N3O4. The Kier molecular flexibility index (Phi) is 4.36. The number of hydrogen-bond acceptors (Lipinski definition) is 5. The summed E-state index contributed by atoms with van der Waals surface area (Å²) in [5.41, 5.74) is 0. The van der Waals surface area contributed by atoms with Gasteiger partial charge in [-0.3, -0.25) is 5.32 Å². The van der Waals surface area contributed by atoms with E-state index in [1.807, 2.05) is 31.2 Å². The summed E-state index contributed by atoms with van der Waals surface area (Å²) < 4.78 is 16.5. The van der Waals surface area contributed by atoms with Gasteiger partial charge in [-0.1, -0.05) is 17.3 Å². The lowest BCUT2D eigenvalue weighted by molar-refractivity contribution is 0.0693. The largest absolute Gasteiger partial charge is 0.486 e. The first-order valence-corrected chi connectivity index (χ1v) is 7.53. The molecule has 1 atom stereocenters. The zero-order valence-electron chi connectivity index (χ0n) is 13.1. The molecule has 1 aliphatic rings. The molecule has 3 rings (SSSR count). The lowest BCUT2D eigenvalue weighted by Gasteiger charge is -2.30. The number of nitrogens with one attached hydrogen (secondary N) is 1. The Balaban J connectivity index is 1.60. The van der Waals surface area contributed by atoms with Gasteiger partial charge in [0.25, 0.3) is 0 Å². The zero-order valence-corrected chi connectivity index (χ0v) is 13.1. The molecular weight excluding hydrogens is 298 g/mol. The van der Waals surface area contributed by atoms with Gasteiger partial charge in [0.2, 0.25) is 0 Å². The van der Waals surface area contributed by atoms with Crippen molar-refractivity contribution >= 4 is 11.8 Å². The number of nitrogens with zero attached hydrogens (tertiary/aromatic N) is 2. The minimum absolute atomic E-state index is 0.213. The average molecular weight is 317 g/mol. The van der Waals surface area contributed by atoms with Gasteiger partial charge < -0.3 is 18.9 Å². The number of carbonyl (C=O) groups is 1. The van der Waals surface area contributed by atoms with Crippen LogP contribution in [0.2, 0.25) is 0 Å². The zero-order chi connectivity index (χ0) is 16.2. The van der Waals surface area contributed by atoms with Crippen LogP contribution in [0.4, 0.5) is 10.6 Å². The van der Waals surface area contributed by atoms with Crippen LogP contribution in [0, 0.1) is 6.92 Å². The predicted octanol–water partition coefficient (Wildman–Crippen LogP) is 2.68. The number of para-hydroxylation sites is 2. The Morgan fingerprint density at radius 2 is 2.17 bits per heavy atom. The molecule has 1 N–H and O–H groups in total. The molecule has 2 amide bonds. The molecule has 7 heteroatoms. The van der Waals surface area contributed by atoms with E-state index in [4.69, 9.17) is 14.0 Å². The van der Waals surface area contributed by atoms with Crippen molar-refractivity contribution in [3.05, 3.63) is 36.1 Å². The van der Waals surface area contributed by atoms with E-state index < -0.39 is 0 Å². The molecule has 23 heavy (non-hydrogen) atoms. The van der Waals surface area contributed by atoms with Crippen LogP contribution in [-0.4, -0.2) is 41.9 Å². The van der Waals surface area contributed by atoms with Crippen LogP contribution in [0.1, 0.15) is 12.7 Å². The third-order valence-electron chi connectivity index (χ3n) is 3.52. The minimum Gasteiger partial charge on any atom is -0.486 e. The fraction of sp³-hybridized carbons (Fsp3) is 0.375. The van der Waals surface area contributed by atoms with Crippen molar-refractivity contribution in [3.63, 3.8) is 0 Å². The molecule has 0 saturated carbocycles. The van der Waals surface area contributed by atoms with Gasteiger partial charge in [0.15, 0.2) is 23.4 Å². The molecule has 1 unspecified atom stereocenters. The van der Waals surface area contributed by atoms with Crippen molar-refractivity contribution in [2.75, 3.05) is 25.0 Å². The van der Waals surface area contributed by atoms with Gasteiger partial charge in [-0.2, -0.15) is 0 Å². The number of fused-ring (bicyclic) bond motifs is 1. The highest BCUT2D eigenvalue weighted by atomic mass is 16.6. The standard InChI is InChI=1S/C16H19N3O4/c1-3-19(16(20)17-15-8-11(2)23-18-15)9-12-10-21-13-6-4-5-7-14(13)22-12/h4-8,12H,3,9-10H2,1-2H3,(H,17,18,20). The third-order valence-corrected chi connectivity index (χ3v) is 3.52. The summed E-state index contributed by atoms with van der Waals surface area (Å²) in [7, 11) is 0. The number of hydrogen-bond donors (Lipinski definition) is 1. The van der Waals surface area contributed by atoms with Crippen molar-refractivity contribution in [2.45, 2.75) is 20.0 Å². The summed E-state index contributed by atoms with van der Waals surface area (Å²) in [6.45, 7) is 5.05. The maximum Gasteiger partial charge on any atom is 0.323 e. The highest BCUT2D eigenvalue weighted by molar-refractivity contribution is 5.88. The van der Waals surface area contributed by atoms with E-state index in [0.717, 1.165) is 5.75 Å². The molecule has 2 heterocycles. The Morgan fingerprint density at radius 1 is 1.39 bits per heavy atom. The average Bonchev–Trinajstić information content (AvgIpc) is 2.97. The molecule has 2 aromatic rings. The van der Waals surface area contributed by atoms with E-state index in [1.54, 1.807) is 17.9 Å². The Hall–Kier alpha value is -2.70. The molecule has 0 saturated heterocycles. The SMILES string of the molecule is CCN(CC1COc2ccccc2O1)C(=O)Nc1cc(C)on1. The number of aryl methyl sites for hydroxylation is 1. The number of aromatic nitrogens is 1. The first-order valence-electron chi connectivity index (χ1n) is 7.53. The van der Waals surface area contributed by atoms with Gasteiger partial charge >= 0.3 is 6.03 Å². The van der Waals surface area contributed by atoms with Crippen molar-refractivity contribution < 1.29 is 18.8 Å². The van der Waals surface area contributed by atoms with Crippen molar-refractivity contribution in [3.8, 4) is 11.5 Å². The van der Waals surface area contributed by atoms with Gasteiger partial charge in [-0.05, 0) is 26.0 Å². The van der Waals surface area contributed by atoms with Crippen LogP contribution < -0.4 is 14.8 Å². The molecule has 122 valence electrons. The van der Waals surface area contributed by atoms with Gasteiger partial charge in [-0.25, -0.2) is 4.79 Å². The topological polar surface area (TPSA) is 76.8 Å². The van der Waals surface area contributed by atoms with E-state index in [-0.39, 0.29) is 12.1 Å². The van der Waals surface area contributed by atoms with Crippen LogP contribution in [0.15, 0.2) is 34.9 Å². The quantitative estimate of drug-likeness (QED) is 0.938. The lowest BCUT2D eigenvalue weighted by atomic mass is 10.2. The van der Waals surface area contributed by atoms with Crippen molar-refractivity contribution in [1.29, 1.82) is 0 Å². The van der Waals surface area contributed by atoms with Crippen LogP contribution >= 0.6 is 0 Å². The highest BCUT2D eigenvalue weighted by Crippen LogP contribution is 2.31. The molecule has 0 radical (unpaired) electrons. The number of amides is 2. The summed E-state index contributed by atoms with van der Waals surface area (Å²) in [6.07, 6.45) is -0.213. The summed E-state index contributed by atoms with van der Waals surface area (Å²) >= 11 is 0. The van der Waals surface area contributed by atoms with Crippen LogP contribution in [0.3, 0.4) is 0 Å². The minimum atomic E-state index is -0.247. The van der Waals surface area contributed by atoms with Crippen LogP contribution in [0.5, 0.6) is 11.5 Å². The number of ether oxygens (including phenoxy) is 2. The Bertz CT molecular complexity index is 685. The molecule has 0 fully saturated rings. The van der Waals surface area contributed by atoms with Gasteiger partial charge in [0, 0.05) is 12.6 Å². The monoisotopic (exact) mass is 317 g/mol. The molecule has 1 aromatic carbocycles. The number of benzene rings is 1. The van der Waals surface area contributed by atoms with Gasteiger partial charge in [0.1, 0.15) is 12.4 Å². The first-order chi connectivity index (χ1) is 11.2. The van der Waals surface area contributed by atoms with Gasteiger partial charge in [-0.15, -0.1) is 0 Å². The maximum atomic E-state index is 12.3. The lowest BCUT2D eigenvalue weighted by Crippen LogP contribution is -2.45.